The largest absolute Gasteiger partial charge is 0.465 e. The molecule has 0 fully saturated rings. The molecule has 0 atom stereocenters. The third-order valence-electron chi connectivity index (χ3n) is 1.92. The van der Waals surface area contributed by atoms with E-state index in [4.69, 9.17) is 5.11 Å². The van der Waals surface area contributed by atoms with Crippen LogP contribution in [0.25, 0.3) is 0 Å². The van der Waals surface area contributed by atoms with E-state index in [1.165, 1.54) is 0 Å². The van der Waals surface area contributed by atoms with Gasteiger partial charge in [0, 0.05) is 6.54 Å². The van der Waals surface area contributed by atoms with Crippen molar-refractivity contribution in [1.29, 1.82) is 0 Å². The molecule has 0 aromatic heterocycles. The van der Waals surface area contributed by atoms with Gasteiger partial charge in [-0.15, -0.1) is 0 Å². The molecule has 1 N–H and O–H groups in total. The summed E-state index contributed by atoms with van der Waals surface area (Å²) in [5.74, 6) is 0. The van der Waals surface area contributed by atoms with Crippen molar-refractivity contribution >= 4 is 6.09 Å². The van der Waals surface area contributed by atoms with E-state index in [1.807, 2.05) is 6.92 Å². The summed E-state index contributed by atoms with van der Waals surface area (Å²) in [6.45, 7) is 0.550. The number of amides is 1. The van der Waals surface area contributed by atoms with Gasteiger partial charge in [-0.1, -0.05) is 26.2 Å². The Morgan fingerprint density at radius 3 is 2.27 bits per heavy atom. The minimum atomic E-state index is -4.46. The maximum atomic E-state index is 11.9. The second-order valence-electron chi connectivity index (χ2n) is 3.38. The van der Waals surface area contributed by atoms with Crippen molar-refractivity contribution in [3.8, 4) is 0 Å². The summed E-state index contributed by atoms with van der Waals surface area (Å²) in [5.41, 5.74) is 0. The molecule has 3 nitrogen and oxygen atoms in total. The van der Waals surface area contributed by atoms with Crippen molar-refractivity contribution in [1.82, 2.24) is 4.90 Å². The molecule has 0 aliphatic carbocycles. The van der Waals surface area contributed by atoms with Crippen molar-refractivity contribution in [2.75, 3.05) is 13.1 Å². The number of unbranched alkanes of at least 4 members (excludes halogenated alkanes) is 3. The Kier molecular flexibility index (Phi) is 6.12. The Bertz CT molecular complexity index is 194. The van der Waals surface area contributed by atoms with Crippen LogP contribution in [0.15, 0.2) is 0 Å². The van der Waals surface area contributed by atoms with Crippen molar-refractivity contribution in [3.05, 3.63) is 0 Å². The first-order valence-electron chi connectivity index (χ1n) is 4.91. The molecular weight excluding hydrogens is 211 g/mol. The predicted molar refractivity (Wildman–Crippen MR) is 49.8 cm³/mol. The van der Waals surface area contributed by atoms with Crippen molar-refractivity contribution in [2.45, 2.75) is 38.8 Å². The minimum absolute atomic E-state index is 0.0468. The number of carboxylic acid groups (broad SMARTS) is 1. The lowest BCUT2D eigenvalue weighted by atomic mass is 10.2. The normalized spacial score (nSPS) is 11.5. The van der Waals surface area contributed by atoms with Gasteiger partial charge in [0.2, 0.25) is 0 Å². The van der Waals surface area contributed by atoms with Crippen LogP contribution in [-0.4, -0.2) is 35.4 Å². The van der Waals surface area contributed by atoms with E-state index in [1.54, 1.807) is 0 Å². The zero-order valence-corrected chi connectivity index (χ0v) is 8.68. The highest BCUT2D eigenvalue weighted by atomic mass is 19.4. The lowest BCUT2D eigenvalue weighted by molar-refractivity contribution is -0.142. The average molecular weight is 227 g/mol. The molecule has 0 rings (SSSR count). The van der Waals surface area contributed by atoms with Gasteiger partial charge in [-0.25, -0.2) is 4.79 Å². The molecular formula is C9H16F3NO2. The van der Waals surface area contributed by atoms with E-state index in [0.29, 0.717) is 11.3 Å². The molecule has 0 radical (unpaired) electrons. The molecule has 1 amide bonds. The zero-order valence-electron chi connectivity index (χ0n) is 8.68. The van der Waals surface area contributed by atoms with Crippen molar-refractivity contribution in [2.24, 2.45) is 0 Å². The molecule has 90 valence electrons. The molecule has 0 spiro atoms. The molecule has 0 unspecified atom stereocenters. The van der Waals surface area contributed by atoms with Gasteiger partial charge in [-0.3, -0.25) is 4.90 Å². The second-order valence-corrected chi connectivity index (χ2v) is 3.38. The molecule has 0 aliphatic rings. The fourth-order valence-corrected chi connectivity index (χ4v) is 1.19. The van der Waals surface area contributed by atoms with Gasteiger partial charge in [0.05, 0.1) is 0 Å². The highest BCUT2D eigenvalue weighted by Crippen LogP contribution is 2.17. The van der Waals surface area contributed by atoms with Crippen LogP contribution in [0.4, 0.5) is 18.0 Å². The van der Waals surface area contributed by atoms with Gasteiger partial charge in [0.1, 0.15) is 6.54 Å². The monoisotopic (exact) mass is 227 g/mol. The summed E-state index contributed by atoms with van der Waals surface area (Å²) >= 11 is 0. The fraction of sp³-hybridized carbons (Fsp3) is 0.889. The maximum Gasteiger partial charge on any atom is 0.407 e. The third-order valence-corrected chi connectivity index (χ3v) is 1.92. The van der Waals surface area contributed by atoms with Crippen LogP contribution in [0.5, 0.6) is 0 Å². The summed E-state index contributed by atoms with van der Waals surface area (Å²) in [4.78, 5) is 10.9. The van der Waals surface area contributed by atoms with Gasteiger partial charge >= 0.3 is 12.3 Å². The molecule has 0 saturated heterocycles. The molecule has 0 saturated carbocycles. The number of hydrogen-bond acceptors (Lipinski definition) is 1. The first-order valence-corrected chi connectivity index (χ1v) is 4.91. The number of hydrogen-bond donors (Lipinski definition) is 1. The summed E-state index contributed by atoms with van der Waals surface area (Å²) < 4.78 is 35.8. The summed E-state index contributed by atoms with van der Waals surface area (Å²) in [6, 6.07) is 0. The Hall–Kier alpha value is -0.940. The number of carbonyl (C=O) groups is 1. The summed E-state index contributed by atoms with van der Waals surface area (Å²) in [6.07, 6.45) is -2.84. The highest BCUT2D eigenvalue weighted by Gasteiger charge is 2.32. The lowest BCUT2D eigenvalue weighted by Crippen LogP contribution is -2.38. The van der Waals surface area contributed by atoms with Gasteiger partial charge in [-0.05, 0) is 6.42 Å². The van der Waals surface area contributed by atoms with Gasteiger partial charge < -0.3 is 5.11 Å². The Morgan fingerprint density at radius 2 is 1.87 bits per heavy atom. The van der Waals surface area contributed by atoms with Crippen LogP contribution in [0.3, 0.4) is 0 Å². The van der Waals surface area contributed by atoms with Crippen LogP contribution >= 0.6 is 0 Å². The first-order chi connectivity index (χ1) is 6.87. The van der Waals surface area contributed by atoms with E-state index >= 15 is 0 Å². The van der Waals surface area contributed by atoms with Crippen LogP contribution in [0.2, 0.25) is 0 Å². The summed E-state index contributed by atoms with van der Waals surface area (Å²) in [5, 5.41) is 8.52. The topological polar surface area (TPSA) is 40.5 Å². The van der Waals surface area contributed by atoms with E-state index in [2.05, 4.69) is 0 Å². The van der Waals surface area contributed by atoms with E-state index in [9.17, 15) is 18.0 Å². The van der Waals surface area contributed by atoms with Gasteiger partial charge in [0.15, 0.2) is 0 Å². The number of alkyl halides is 3. The molecule has 0 aromatic carbocycles. The average Bonchev–Trinajstić information content (AvgIpc) is 2.08. The first kappa shape index (κ1) is 14.1. The highest BCUT2D eigenvalue weighted by molar-refractivity contribution is 5.64. The third kappa shape index (κ3) is 8.08. The summed E-state index contributed by atoms with van der Waals surface area (Å²) in [7, 11) is 0. The SMILES string of the molecule is CCCCCCN(CC(F)(F)F)C(=O)O. The molecule has 0 aromatic rings. The van der Waals surface area contributed by atoms with Crippen LogP contribution < -0.4 is 0 Å². The van der Waals surface area contributed by atoms with Gasteiger partial charge in [-0.2, -0.15) is 13.2 Å². The zero-order chi connectivity index (χ0) is 11.9. The molecule has 0 bridgehead atoms. The Labute approximate surface area is 86.9 Å². The number of nitrogens with zero attached hydrogens (tertiary/aromatic N) is 1. The second kappa shape index (κ2) is 6.53. The minimum Gasteiger partial charge on any atom is -0.465 e. The fourth-order valence-electron chi connectivity index (χ4n) is 1.19. The maximum absolute atomic E-state index is 11.9. The van der Waals surface area contributed by atoms with E-state index in [0.717, 1.165) is 19.3 Å². The van der Waals surface area contributed by atoms with Crippen molar-refractivity contribution in [3.63, 3.8) is 0 Å². The molecule has 6 heteroatoms. The lowest BCUT2D eigenvalue weighted by Gasteiger charge is -2.20. The van der Waals surface area contributed by atoms with Crippen molar-refractivity contribution < 1.29 is 23.1 Å². The van der Waals surface area contributed by atoms with Crippen LogP contribution in [0, 0.1) is 0 Å². The predicted octanol–water partition coefficient (Wildman–Crippen LogP) is 3.11. The van der Waals surface area contributed by atoms with E-state index < -0.39 is 18.8 Å². The van der Waals surface area contributed by atoms with E-state index in [-0.39, 0.29) is 6.54 Å². The number of rotatable bonds is 6. The van der Waals surface area contributed by atoms with Crippen LogP contribution in [0.1, 0.15) is 32.6 Å². The molecule has 0 heterocycles. The Morgan fingerprint density at radius 1 is 1.27 bits per heavy atom. The quantitative estimate of drug-likeness (QED) is 0.708. The molecule has 0 aliphatic heterocycles. The van der Waals surface area contributed by atoms with Gasteiger partial charge in [0.25, 0.3) is 0 Å². The standard InChI is InChI=1S/C9H16F3NO2/c1-2-3-4-5-6-13(8(14)15)7-9(10,11)12/h2-7H2,1H3,(H,14,15). The Balaban J connectivity index is 3.90. The number of halogens is 3. The van der Waals surface area contributed by atoms with Crippen LogP contribution in [-0.2, 0) is 0 Å². The smallest absolute Gasteiger partial charge is 0.407 e. The molecule has 15 heavy (non-hydrogen) atoms.